The van der Waals surface area contributed by atoms with Crippen molar-refractivity contribution in [3.8, 4) is 0 Å². The molecule has 2 fully saturated rings. The van der Waals surface area contributed by atoms with Crippen molar-refractivity contribution in [3.63, 3.8) is 0 Å². The zero-order chi connectivity index (χ0) is 18.9. The Balaban J connectivity index is 1.39. The fourth-order valence-electron chi connectivity index (χ4n) is 5.25. The number of para-hydroxylation sites is 1. The molecule has 0 radical (unpaired) electrons. The molecular weight excluding hydrogens is 338 g/mol. The van der Waals surface area contributed by atoms with Crippen LogP contribution in [0.5, 0.6) is 0 Å². The highest BCUT2D eigenvalue weighted by Gasteiger charge is 2.49. The maximum absolute atomic E-state index is 12.8. The molecule has 1 N–H and O–H groups in total. The maximum Gasteiger partial charge on any atom is 0.235 e. The van der Waals surface area contributed by atoms with Crippen molar-refractivity contribution < 1.29 is 9.59 Å². The Morgan fingerprint density at radius 2 is 1.93 bits per heavy atom. The van der Waals surface area contributed by atoms with Crippen LogP contribution in [0.3, 0.4) is 0 Å². The number of hydrogen-bond donors (Lipinski definition) is 1. The van der Waals surface area contributed by atoms with Gasteiger partial charge in [-0.15, -0.1) is 0 Å². The lowest BCUT2D eigenvalue weighted by atomic mass is 9.68. The lowest BCUT2D eigenvalue weighted by Crippen LogP contribution is -2.46. The summed E-state index contributed by atoms with van der Waals surface area (Å²) in [6.07, 6.45) is 6.62. The quantitative estimate of drug-likeness (QED) is 0.890. The van der Waals surface area contributed by atoms with Gasteiger partial charge >= 0.3 is 0 Å². The second kappa shape index (κ2) is 7.63. The first-order chi connectivity index (χ1) is 13.1. The predicted molar refractivity (Wildman–Crippen MR) is 107 cm³/mol. The third kappa shape index (κ3) is 3.38. The van der Waals surface area contributed by atoms with Crippen molar-refractivity contribution in [2.45, 2.75) is 63.3 Å². The number of amides is 2. The molecule has 5 heteroatoms. The number of hydrogen-bond acceptors (Lipinski definition) is 3. The van der Waals surface area contributed by atoms with Crippen LogP contribution in [0.15, 0.2) is 24.3 Å². The van der Waals surface area contributed by atoms with Crippen molar-refractivity contribution in [3.05, 3.63) is 29.8 Å². The SMILES string of the molecule is CCCC(=O)N1CCCN(C2CCC3(CC2)C(=O)Nc2ccccc23)CC1. The lowest BCUT2D eigenvalue weighted by Gasteiger charge is -2.40. The summed E-state index contributed by atoms with van der Waals surface area (Å²) >= 11 is 0. The van der Waals surface area contributed by atoms with Crippen molar-refractivity contribution in [1.29, 1.82) is 0 Å². The second-order valence-corrected chi connectivity index (χ2v) is 8.33. The minimum absolute atomic E-state index is 0.189. The van der Waals surface area contributed by atoms with E-state index in [1.54, 1.807) is 0 Å². The molecule has 1 spiro atoms. The van der Waals surface area contributed by atoms with Crippen molar-refractivity contribution in [2.24, 2.45) is 0 Å². The summed E-state index contributed by atoms with van der Waals surface area (Å²) in [7, 11) is 0. The van der Waals surface area contributed by atoms with Crippen LogP contribution in [0.1, 0.15) is 57.4 Å². The molecular formula is C22H31N3O2. The predicted octanol–water partition coefficient (Wildman–Crippen LogP) is 3.15. The van der Waals surface area contributed by atoms with Gasteiger partial charge in [0.2, 0.25) is 11.8 Å². The molecule has 0 unspecified atom stereocenters. The lowest BCUT2D eigenvalue weighted by molar-refractivity contribution is -0.131. The number of carbonyl (C=O) groups excluding carboxylic acids is 2. The molecule has 1 aliphatic carbocycles. The fourth-order valence-corrected chi connectivity index (χ4v) is 5.25. The number of fused-ring (bicyclic) bond motifs is 2. The number of nitrogens with zero attached hydrogens (tertiary/aromatic N) is 2. The van der Waals surface area contributed by atoms with Crippen LogP contribution in [-0.4, -0.2) is 53.8 Å². The average molecular weight is 370 g/mol. The van der Waals surface area contributed by atoms with Crippen molar-refractivity contribution >= 4 is 17.5 Å². The minimum Gasteiger partial charge on any atom is -0.341 e. The van der Waals surface area contributed by atoms with Gasteiger partial charge in [-0.25, -0.2) is 0 Å². The van der Waals surface area contributed by atoms with Gasteiger partial charge in [-0.2, -0.15) is 0 Å². The number of anilines is 1. The largest absolute Gasteiger partial charge is 0.341 e. The van der Waals surface area contributed by atoms with Gasteiger partial charge in [0.05, 0.1) is 5.41 Å². The normalized spacial score (nSPS) is 28.7. The topological polar surface area (TPSA) is 52.7 Å². The standard InChI is InChI=1S/C22H31N3O2/c1-2-6-20(26)25-14-5-13-24(15-16-25)17-9-11-22(12-10-17)18-7-3-4-8-19(18)23-21(22)27/h3-4,7-8,17H,2,5-6,9-16H2,1H3,(H,23,27). The van der Waals surface area contributed by atoms with Crippen LogP contribution in [-0.2, 0) is 15.0 Å². The van der Waals surface area contributed by atoms with Crippen molar-refractivity contribution in [1.82, 2.24) is 9.80 Å². The molecule has 3 aliphatic rings. The summed E-state index contributed by atoms with van der Waals surface area (Å²) < 4.78 is 0. The smallest absolute Gasteiger partial charge is 0.235 e. The Morgan fingerprint density at radius 1 is 1.15 bits per heavy atom. The average Bonchev–Trinajstić information content (AvgIpc) is 2.84. The second-order valence-electron chi connectivity index (χ2n) is 8.33. The first-order valence-corrected chi connectivity index (χ1v) is 10.6. The molecule has 5 nitrogen and oxygen atoms in total. The van der Waals surface area contributed by atoms with E-state index in [1.165, 1.54) is 5.56 Å². The van der Waals surface area contributed by atoms with E-state index < -0.39 is 0 Å². The van der Waals surface area contributed by atoms with Crippen LogP contribution in [0, 0.1) is 0 Å². The van der Waals surface area contributed by atoms with Gasteiger partial charge in [0.1, 0.15) is 0 Å². The van der Waals surface area contributed by atoms with Gasteiger partial charge in [0, 0.05) is 44.3 Å². The summed E-state index contributed by atoms with van der Waals surface area (Å²) in [5.74, 6) is 0.496. The highest BCUT2D eigenvalue weighted by molar-refractivity contribution is 6.06. The van der Waals surface area contributed by atoms with Crippen molar-refractivity contribution in [2.75, 3.05) is 31.5 Å². The van der Waals surface area contributed by atoms with Crippen LogP contribution in [0.25, 0.3) is 0 Å². The van der Waals surface area contributed by atoms with E-state index in [4.69, 9.17) is 0 Å². The Labute approximate surface area is 162 Å². The molecule has 0 atom stereocenters. The zero-order valence-electron chi connectivity index (χ0n) is 16.4. The molecule has 2 amide bonds. The van der Waals surface area contributed by atoms with E-state index in [-0.39, 0.29) is 11.3 Å². The molecule has 4 rings (SSSR count). The summed E-state index contributed by atoms with van der Waals surface area (Å²) in [6.45, 7) is 5.84. The monoisotopic (exact) mass is 369 g/mol. The molecule has 27 heavy (non-hydrogen) atoms. The molecule has 2 heterocycles. The number of benzene rings is 1. The van der Waals surface area contributed by atoms with E-state index in [9.17, 15) is 9.59 Å². The van der Waals surface area contributed by atoms with Crippen LogP contribution in [0.4, 0.5) is 5.69 Å². The fraction of sp³-hybridized carbons (Fsp3) is 0.636. The highest BCUT2D eigenvalue weighted by Crippen LogP contribution is 2.48. The Hall–Kier alpha value is -1.88. The summed E-state index contributed by atoms with van der Waals surface area (Å²) in [5.41, 5.74) is 1.88. The van der Waals surface area contributed by atoms with E-state index in [0.29, 0.717) is 18.4 Å². The molecule has 1 saturated heterocycles. The molecule has 1 saturated carbocycles. The molecule has 1 aromatic carbocycles. The molecule has 1 aromatic rings. The first kappa shape index (κ1) is 18.5. The van der Waals surface area contributed by atoms with E-state index in [0.717, 1.165) is 70.4 Å². The third-order valence-corrected chi connectivity index (χ3v) is 6.80. The van der Waals surface area contributed by atoms with Gasteiger partial charge < -0.3 is 10.2 Å². The van der Waals surface area contributed by atoms with Gasteiger partial charge in [-0.1, -0.05) is 25.1 Å². The van der Waals surface area contributed by atoms with Gasteiger partial charge in [0.15, 0.2) is 0 Å². The molecule has 2 aliphatic heterocycles. The van der Waals surface area contributed by atoms with E-state index in [2.05, 4.69) is 28.1 Å². The summed E-state index contributed by atoms with van der Waals surface area (Å²) in [5, 5.41) is 3.10. The Bertz CT molecular complexity index is 709. The zero-order valence-corrected chi connectivity index (χ0v) is 16.4. The van der Waals surface area contributed by atoms with Gasteiger partial charge in [0.25, 0.3) is 0 Å². The Kier molecular flexibility index (Phi) is 5.22. The van der Waals surface area contributed by atoms with Crippen LogP contribution < -0.4 is 5.32 Å². The number of nitrogens with one attached hydrogen (secondary N) is 1. The summed E-state index contributed by atoms with van der Waals surface area (Å²) in [6, 6.07) is 8.72. The van der Waals surface area contributed by atoms with Crippen LogP contribution >= 0.6 is 0 Å². The molecule has 0 aromatic heterocycles. The Morgan fingerprint density at radius 3 is 2.70 bits per heavy atom. The molecule has 146 valence electrons. The number of carbonyl (C=O) groups is 2. The van der Waals surface area contributed by atoms with Crippen LogP contribution in [0.2, 0.25) is 0 Å². The van der Waals surface area contributed by atoms with E-state index in [1.807, 2.05) is 18.2 Å². The first-order valence-electron chi connectivity index (χ1n) is 10.6. The number of rotatable bonds is 3. The third-order valence-electron chi connectivity index (χ3n) is 6.80. The minimum atomic E-state index is -0.317. The highest BCUT2D eigenvalue weighted by atomic mass is 16.2. The summed E-state index contributed by atoms with van der Waals surface area (Å²) in [4.78, 5) is 29.6. The molecule has 0 bridgehead atoms. The van der Waals surface area contributed by atoms with Gasteiger partial charge in [-0.3, -0.25) is 14.5 Å². The maximum atomic E-state index is 12.8. The van der Waals surface area contributed by atoms with E-state index >= 15 is 0 Å². The van der Waals surface area contributed by atoms with Gasteiger partial charge in [-0.05, 0) is 50.2 Å².